The number of carboxylic acids is 1. The van der Waals surface area contributed by atoms with E-state index in [-0.39, 0.29) is 16.8 Å². The van der Waals surface area contributed by atoms with Crippen LogP contribution in [0.3, 0.4) is 0 Å². The Morgan fingerprint density at radius 1 is 1.35 bits per heavy atom. The number of carbonyl (C=O) groups is 2. The third-order valence-corrected chi connectivity index (χ3v) is 2.41. The molecule has 20 heavy (non-hydrogen) atoms. The third kappa shape index (κ3) is 5.72. The number of aliphatic carboxylic acids is 1. The highest BCUT2D eigenvalue weighted by atomic mass is 16.8. The molecule has 1 N–H and O–H groups in total. The molecule has 0 aliphatic heterocycles. The lowest BCUT2D eigenvalue weighted by molar-refractivity contribution is -0.712. The first-order chi connectivity index (χ1) is 9.18. The number of hydrazine groups is 1. The molecule has 0 aromatic rings. The minimum atomic E-state index is -1.15. The van der Waals surface area contributed by atoms with Gasteiger partial charge in [0.25, 0.3) is 6.79 Å². The Balaban J connectivity index is 4.42. The number of likely N-dealkylation sites (N-methyl/N-ethyl adjacent to an activating group) is 1. The molecule has 9 nitrogen and oxygen atoms in total. The summed E-state index contributed by atoms with van der Waals surface area (Å²) in [6.45, 7) is 6.10. The van der Waals surface area contributed by atoms with Crippen LogP contribution in [0.4, 0.5) is 0 Å². The predicted molar refractivity (Wildman–Crippen MR) is 67.0 cm³/mol. The molecule has 0 heterocycles. The second-order valence-corrected chi connectivity index (χ2v) is 4.80. The quantitative estimate of drug-likeness (QED) is 0.177. The first kappa shape index (κ1) is 17.9. The highest BCUT2D eigenvalue weighted by Gasteiger charge is 2.31. The highest BCUT2D eigenvalue weighted by molar-refractivity contribution is 5.73. The summed E-state index contributed by atoms with van der Waals surface area (Å²) in [4.78, 5) is 26.6. The maximum absolute atomic E-state index is 11.5. The van der Waals surface area contributed by atoms with E-state index in [9.17, 15) is 14.8 Å². The fourth-order valence-corrected chi connectivity index (χ4v) is 1.36. The summed E-state index contributed by atoms with van der Waals surface area (Å²) in [5.41, 5.74) is 0. The molecule has 0 aromatic heterocycles. The molecule has 0 saturated heterocycles. The van der Waals surface area contributed by atoms with Crippen LogP contribution in [0.1, 0.15) is 27.7 Å². The van der Waals surface area contributed by atoms with Crippen LogP contribution in [0.25, 0.3) is 0 Å². The summed E-state index contributed by atoms with van der Waals surface area (Å²) in [5, 5.41) is 24.5. The smallest absolute Gasteiger partial charge is 0.332 e. The number of hydrogen-bond acceptors (Lipinski definition) is 6. The van der Waals surface area contributed by atoms with Gasteiger partial charge < -0.3 is 19.9 Å². The summed E-state index contributed by atoms with van der Waals surface area (Å²) in [7, 11) is 1.28. The van der Waals surface area contributed by atoms with Crippen LogP contribution in [0.2, 0.25) is 0 Å². The van der Waals surface area contributed by atoms with E-state index in [4.69, 9.17) is 5.11 Å². The first-order valence-electron chi connectivity index (χ1n) is 6.10. The van der Waals surface area contributed by atoms with Crippen molar-refractivity contribution in [2.45, 2.75) is 33.7 Å². The fourth-order valence-electron chi connectivity index (χ4n) is 1.36. The minimum absolute atomic E-state index is 0.00198. The Morgan fingerprint density at radius 3 is 2.30 bits per heavy atom. The van der Waals surface area contributed by atoms with E-state index in [1.165, 1.54) is 7.05 Å². The van der Waals surface area contributed by atoms with Crippen molar-refractivity contribution in [2.24, 2.45) is 17.1 Å². The average molecular weight is 291 g/mol. The molecule has 9 heteroatoms. The van der Waals surface area contributed by atoms with E-state index in [1.54, 1.807) is 27.7 Å². The van der Waals surface area contributed by atoms with Crippen LogP contribution in [0, 0.1) is 17.0 Å². The molecule has 0 aliphatic carbocycles. The number of rotatable bonds is 8. The average Bonchev–Trinajstić information content (AvgIpc) is 2.32. The zero-order valence-corrected chi connectivity index (χ0v) is 12.3. The van der Waals surface area contributed by atoms with Crippen molar-refractivity contribution in [1.29, 1.82) is 0 Å². The molecule has 0 amide bonds. The largest absolute Gasteiger partial charge is 0.569 e. The van der Waals surface area contributed by atoms with Crippen LogP contribution < -0.4 is 0 Å². The van der Waals surface area contributed by atoms with Gasteiger partial charge in [0.05, 0.1) is 17.9 Å². The van der Waals surface area contributed by atoms with Gasteiger partial charge in [0, 0.05) is 0 Å². The van der Waals surface area contributed by atoms with Gasteiger partial charge in [-0.2, -0.15) is 0 Å². The number of carboxylic acid groups (broad SMARTS) is 1. The Bertz CT molecular complexity index is 369. The molecular formula is C11H21N3O6. The minimum Gasteiger partial charge on any atom is -0.569 e. The first-order valence-corrected chi connectivity index (χ1v) is 6.10. The van der Waals surface area contributed by atoms with Crippen molar-refractivity contribution in [3.05, 3.63) is 5.21 Å². The van der Waals surface area contributed by atoms with Crippen LogP contribution in [-0.4, -0.2) is 46.9 Å². The van der Waals surface area contributed by atoms with Gasteiger partial charge in [-0.3, -0.25) is 4.79 Å². The maximum atomic E-state index is 11.5. The molecule has 1 atom stereocenters. The lowest BCUT2D eigenvalue weighted by Crippen LogP contribution is -2.45. The van der Waals surface area contributed by atoms with E-state index in [0.717, 1.165) is 5.01 Å². The Labute approximate surface area is 117 Å². The van der Waals surface area contributed by atoms with Gasteiger partial charge in [0.1, 0.15) is 0 Å². The maximum Gasteiger partial charge on any atom is 0.332 e. The molecular weight excluding hydrogens is 270 g/mol. The molecule has 0 aliphatic rings. The summed E-state index contributed by atoms with van der Waals surface area (Å²) < 4.78 is 4.63. The topological polar surface area (TPSA) is 114 Å². The van der Waals surface area contributed by atoms with Gasteiger partial charge in [-0.25, -0.2) is 4.79 Å². The van der Waals surface area contributed by atoms with E-state index < -0.39 is 24.8 Å². The van der Waals surface area contributed by atoms with E-state index in [0.29, 0.717) is 0 Å². The number of ether oxygens (including phenoxy) is 1. The summed E-state index contributed by atoms with van der Waals surface area (Å²) in [5.74, 6) is -2.26. The van der Waals surface area contributed by atoms with E-state index in [2.05, 4.69) is 14.9 Å². The Hall–Kier alpha value is -2.06. The Kier molecular flexibility index (Phi) is 7.34. The van der Waals surface area contributed by atoms with Crippen LogP contribution in [0.5, 0.6) is 0 Å². The molecule has 116 valence electrons. The van der Waals surface area contributed by atoms with E-state index in [1.807, 2.05) is 0 Å². The predicted octanol–water partition coefficient (Wildman–Crippen LogP) is 0.993. The fraction of sp³-hybridized carbons (Fsp3) is 0.818. The Morgan fingerprint density at radius 2 is 1.90 bits per heavy atom. The number of hydrogen-bond donors (Lipinski definition) is 1. The molecule has 0 rings (SSSR count). The highest BCUT2D eigenvalue weighted by Crippen LogP contribution is 2.09. The van der Waals surface area contributed by atoms with Crippen LogP contribution >= 0.6 is 0 Å². The molecule has 0 spiro atoms. The monoisotopic (exact) mass is 291 g/mol. The van der Waals surface area contributed by atoms with Crippen molar-refractivity contribution >= 4 is 11.9 Å². The van der Waals surface area contributed by atoms with Gasteiger partial charge in [-0.1, -0.05) is 27.7 Å². The number of carbonyl (C=O) groups excluding carboxylic acids is 1. The zero-order chi connectivity index (χ0) is 15.9. The van der Waals surface area contributed by atoms with Crippen molar-refractivity contribution in [2.75, 3.05) is 13.8 Å². The molecule has 0 fully saturated rings. The van der Waals surface area contributed by atoms with Gasteiger partial charge >= 0.3 is 11.9 Å². The molecule has 0 aromatic carbocycles. The van der Waals surface area contributed by atoms with Gasteiger partial charge in [0.2, 0.25) is 5.28 Å². The number of nitrogens with zero attached hydrogens (tertiary/aromatic N) is 3. The van der Waals surface area contributed by atoms with Gasteiger partial charge in [-0.15, -0.1) is 5.01 Å². The van der Waals surface area contributed by atoms with Gasteiger partial charge in [0.15, 0.2) is 6.04 Å². The third-order valence-electron chi connectivity index (χ3n) is 2.41. The number of esters is 1. The summed E-state index contributed by atoms with van der Waals surface area (Å²) >= 11 is 0. The van der Waals surface area contributed by atoms with E-state index >= 15 is 0 Å². The lowest BCUT2D eigenvalue weighted by atomic mass is 10.1. The normalized spacial score (nSPS) is 13.2. The van der Waals surface area contributed by atoms with Crippen LogP contribution in [0.15, 0.2) is 5.28 Å². The molecule has 0 saturated carbocycles. The molecule has 0 unspecified atom stereocenters. The second-order valence-electron chi connectivity index (χ2n) is 4.80. The summed E-state index contributed by atoms with van der Waals surface area (Å²) in [6, 6.07) is -1.04. The molecule has 0 bridgehead atoms. The lowest BCUT2D eigenvalue weighted by Gasteiger charge is -2.22. The zero-order valence-electron chi connectivity index (χ0n) is 12.3. The summed E-state index contributed by atoms with van der Waals surface area (Å²) in [6.07, 6.45) is 0. The second kappa shape index (κ2) is 8.18. The van der Waals surface area contributed by atoms with Crippen molar-refractivity contribution < 1.29 is 29.2 Å². The SMILES string of the molecule is CC(C)C(=O)OCO/N=[N+](/[O-])N(C)[C@H](C(=O)O)C(C)C. The standard InChI is InChI=1S/C11H21N3O6/c1-7(2)9(10(15)16)13(5)14(18)12-20-6-19-11(17)8(3)4/h7-9H,6H2,1-5H3,(H,15,16)/b14-12+/t9-/m0/s1. The van der Waals surface area contributed by atoms with Crippen molar-refractivity contribution in [3.63, 3.8) is 0 Å². The van der Waals surface area contributed by atoms with Crippen LogP contribution in [-0.2, 0) is 19.2 Å². The van der Waals surface area contributed by atoms with Gasteiger partial charge in [-0.05, 0) is 5.92 Å². The van der Waals surface area contributed by atoms with Crippen molar-refractivity contribution in [3.8, 4) is 0 Å². The molecule has 0 radical (unpaired) electrons. The van der Waals surface area contributed by atoms with Crippen molar-refractivity contribution in [1.82, 2.24) is 5.01 Å².